The summed E-state index contributed by atoms with van der Waals surface area (Å²) in [6.45, 7) is 7.02. The zero-order chi connectivity index (χ0) is 26.4. The fraction of sp³-hybridized carbons (Fsp3) is 0.462. The van der Waals surface area contributed by atoms with Gasteiger partial charge in [0.15, 0.2) is 5.13 Å². The molecule has 37 heavy (non-hydrogen) atoms. The normalized spacial score (nSPS) is 14.9. The Kier molecular flexibility index (Phi) is 9.55. The second-order valence-electron chi connectivity index (χ2n) is 9.05. The number of rotatable bonds is 11. The highest BCUT2D eigenvalue weighted by atomic mass is 35.5. The van der Waals surface area contributed by atoms with Gasteiger partial charge in [-0.1, -0.05) is 42.3 Å². The van der Waals surface area contributed by atoms with Crippen molar-refractivity contribution in [1.29, 1.82) is 0 Å². The van der Waals surface area contributed by atoms with Crippen LogP contribution in [0, 0.1) is 0 Å². The Morgan fingerprint density at radius 2 is 1.84 bits per heavy atom. The van der Waals surface area contributed by atoms with Gasteiger partial charge in [-0.2, -0.15) is 0 Å². The Labute approximate surface area is 227 Å². The van der Waals surface area contributed by atoms with Crippen molar-refractivity contribution in [3.63, 3.8) is 0 Å². The van der Waals surface area contributed by atoms with Crippen LogP contribution in [0.2, 0.25) is 5.02 Å². The van der Waals surface area contributed by atoms with E-state index in [0.29, 0.717) is 34.3 Å². The van der Waals surface area contributed by atoms with E-state index in [9.17, 15) is 13.2 Å². The van der Waals surface area contributed by atoms with Crippen LogP contribution in [0.15, 0.2) is 47.4 Å². The number of amides is 1. The van der Waals surface area contributed by atoms with Gasteiger partial charge in [0.1, 0.15) is 5.52 Å². The molecule has 0 saturated carbocycles. The Morgan fingerprint density at radius 1 is 1.11 bits per heavy atom. The number of hydrogen-bond donors (Lipinski definition) is 0. The number of benzene rings is 2. The molecule has 1 amide bonds. The number of sulfonamides is 1. The summed E-state index contributed by atoms with van der Waals surface area (Å²) in [4.78, 5) is 22.6. The number of carbonyl (C=O) groups is 1. The SMILES string of the molecule is CCCCN(C)S(=O)(=O)c1ccc(C(=O)N(CCCN2CCOCC2)c2nc3c(Cl)cccc3s2)cc1. The zero-order valence-corrected chi connectivity index (χ0v) is 23.6. The van der Waals surface area contributed by atoms with Crippen LogP contribution in [-0.4, -0.2) is 81.5 Å². The highest BCUT2D eigenvalue weighted by Crippen LogP contribution is 2.33. The van der Waals surface area contributed by atoms with Crippen molar-refractivity contribution in [2.45, 2.75) is 31.1 Å². The highest BCUT2D eigenvalue weighted by molar-refractivity contribution is 7.89. The van der Waals surface area contributed by atoms with Crippen LogP contribution in [0.4, 0.5) is 5.13 Å². The van der Waals surface area contributed by atoms with E-state index < -0.39 is 10.0 Å². The number of morpholine rings is 1. The van der Waals surface area contributed by atoms with Gasteiger partial charge in [0.05, 0.1) is 27.8 Å². The van der Waals surface area contributed by atoms with Crippen molar-refractivity contribution in [2.75, 3.05) is 57.9 Å². The Morgan fingerprint density at radius 3 is 2.51 bits per heavy atom. The first kappa shape index (κ1) is 27.9. The summed E-state index contributed by atoms with van der Waals surface area (Å²) >= 11 is 7.78. The summed E-state index contributed by atoms with van der Waals surface area (Å²) < 4.78 is 33.5. The smallest absolute Gasteiger partial charge is 0.260 e. The summed E-state index contributed by atoms with van der Waals surface area (Å²) in [7, 11) is -2.03. The molecule has 3 aromatic rings. The van der Waals surface area contributed by atoms with Gasteiger partial charge < -0.3 is 4.74 Å². The van der Waals surface area contributed by atoms with Gasteiger partial charge in [0.2, 0.25) is 10.0 Å². The van der Waals surface area contributed by atoms with Crippen LogP contribution in [0.5, 0.6) is 0 Å². The molecular weight excluding hydrogens is 532 g/mol. The minimum absolute atomic E-state index is 0.174. The van der Waals surface area contributed by atoms with Gasteiger partial charge >= 0.3 is 0 Å². The number of hydrogen-bond acceptors (Lipinski definition) is 7. The van der Waals surface area contributed by atoms with Crippen LogP contribution in [-0.2, 0) is 14.8 Å². The fourth-order valence-electron chi connectivity index (χ4n) is 4.19. The minimum Gasteiger partial charge on any atom is -0.379 e. The molecule has 1 fully saturated rings. The maximum Gasteiger partial charge on any atom is 0.260 e. The van der Waals surface area contributed by atoms with Gasteiger partial charge in [-0.25, -0.2) is 17.7 Å². The molecule has 1 aromatic heterocycles. The van der Waals surface area contributed by atoms with Gasteiger partial charge in [-0.05, 0) is 49.2 Å². The van der Waals surface area contributed by atoms with Crippen LogP contribution in [0.1, 0.15) is 36.5 Å². The summed E-state index contributed by atoms with van der Waals surface area (Å²) in [5.41, 5.74) is 1.08. The van der Waals surface area contributed by atoms with Gasteiger partial charge in [-0.3, -0.25) is 14.6 Å². The number of halogens is 1. The van der Waals surface area contributed by atoms with E-state index in [1.165, 1.54) is 27.8 Å². The molecule has 0 atom stereocenters. The molecule has 0 N–H and O–H groups in total. The molecule has 0 spiro atoms. The number of fused-ring (bicyclic) bond motifs is 1. The molecule has 4 rings (SSSR count). The Bertz CT molecular complexity index is 1310. The van der Waals surface area contributed by atoms with E-state index in [1.807, 2.05) is 19.1 Å². The quantitative estimate of drug-likeness (QED) is 0.334. The van der Waals surface area contributed by atoms with Crippen molar-refractivity contribution in [3.05, 3.63) is 53.1 Å². The molecule has 1 aliphatic rings. The molecule has 0 bridgehead atoms. The molecule has 1 aliphatic heterocycles. The van der Waals surface area contributed by atoms with Gasteiger partial charge in [0, 0.05) is 45.3 Å². The van der Waals surface area contributed by atoms with Crippen molar-refractivity contribution in [1.82, 2.24) is 14.2 Å². The summed E-state index contributed by atoms with van der Waals surface area (Å²) in [5.74, 6) is -0.222. The van der Waals surface area contributed by atoms with Crippen molar-refractivity contribution < 1.29 is 17.9 Å². The number of aromatic nitrogens is 1. The molecule has 8 nitrogen and oxygen atoms in total. The predicted octanol–water partition coefficient (Wildman–Crippen LogP) is 4.74. The molecule has 0 radical (unpaired) electrons. The number of thiazole rings is 1. The zero-order valence-electron chi connectivity index (χ0n) is 21.2. The lowest BCUT2D eigenvalue weighted by molar-refractivity contribution is 0.0376. The maximum atomic E-state index is 13.7. The molecule has 200 valence electrons. The largest absolute Gasteiger partial charge is 0.379 e. The lowest BCUT2D eigenvalue weighted by Crippen LogP contribution is -2.39. The predicted molar refractivity (Wildman–Crippen MR) is 149 cm³/mol. The number of ether oxygens (including phenoxy) is 1. The molecule has 1 saturated heterocycles. The molecule has 2 heterocycles. The topological polar surface area (TPSA) is 83.1 Å². The van der Waals surface area contributed by atoms with E-state index in [2.05, 4.69) is 9.88 Å². The van der Waals surface area contributed by atoms with Crippen molar-refractivity contribution >= 4 is 54.2 Å². The van der Waals surface area contributed by atoms with Crippen molar-refractivity contribution in [3.8, 4) is 0 Å². The monoisotopic (exact) mass is 564 g/mol. The Balaban J connectivity index is 1.56. The molecule has 0 aliphatic carbocycles. The van der Waals surface area contributed by atoms with E-state index in [1.54, 1.807) is 30.1 Å². The van der Waals surface area contributed by atoms with E-state index in [0.717, 1.165) is 56.8 Å². The molecule has 11 heteroatoms. The minimum atomic E-state index is -3.61. The van der Waals surface area contributed by atoms with Crippen LogP contribution < -0.4 is 4.90 Å². The standard InChI is InChI=1S/C26H33ClN4O4S2/c1-3-4-13-29(2)37(33,34)21-11-9-20(10-12-21)25(32)31(15-6-14-30-16-18-35-19-17-30)26-28-24-22(27)7-5-8-23(24)36-26/h5,7-12H,3-4,6,13-19H2,1-2H3. The third-order valence-corrected chi connectivity index (χ3v) is 9.65. The lowest BCUT2D eigenvalue weighted by atomic mass is 10.2. The van der Waals surface area contributed by atoms with E-state index in [4.69, 9.17) is 16.3 Å². The molecule has 0 unspecified atom stereocenters. The summed E-state index contributed by atoms with van der Waals surface area (Å²) in [6.07, 6.45) is 2.47. The number of unbranched alkanes of at least 4 members (excludes halogenated alkanes) is 1. The average Bonchev–Trinajstić information content (AvgIpc) is 3.35. The van der Waals surface area contributed by atoms with Gasteiger partial charge in [0.25, 0.3) is 5.91 Å². The third kappa shape index (κ3) is 6.68. The average molecular weight is 565 g/mol. The third-order valence-electron chi connectivity index (χ3n) is 6.43. The summed E-state index contributed by atoms with van der Waals surface area (Å²) in [5, 5.41) is 1.12. The lowest BCUT2D eigenvalue weighted by Gasteiger charge is -2.27. The number of nitrogens with zero attached hydrogens (tertiary/aromatic N) is 4. The fourth-order valence-corrected chi connectivity index (χ4v) is 6.69. The van der Waals surface area contributed by atoms with Crippen LogP contribution in [0.3, 0.4) is 0 Å². The highest BCUT2D eigenvalue weighted by Gasteiger charge is 2.24. The molecule has 2 aromatic carbocycles. The van der Waals surface area contributed by atoms with Crippen LogP contribution in [0.25, 0.3) is 10.2 Å². The number of anilines is 1. The number of para-hydroxylation sites is 1. The van der Waals surface area contributed by atoms with Crippen LogP contribution >= 0.6 is 22.9 Å². The first-order chi connectivity index (χ1) is 17.8. The first-order valence-electron chi connectivity index (χ1n) is 12.5. The number of carbonyl (C=O) groups excluding carboxylic acids is 1. The van der Waals surface area contributed by atoms with Crippen molar-refractivity contribution in [2.24, 2.45) is 0 Å². The molecular formula is C26H33ClN4O4S2. The first-order valence-corrected chi connectivity index (χ1v) is 15.2. The second kappa shape index (κ2) is 12.6. The van der Waals surface area contributed by atoms with E-state index in [-0.39, 0.29) is 10.8 Å². The summed E-state index contributed by atoms with van der Waals surface area (Å²) in [6, 6.07) is 11.8. The maximum absolute atomic E-state index is 13.7. The second-order valence-corrected chi connectivity index (χ2v) is 12.5. The van der Waals surface area contributed by atoms with E-state index >= 15 is 0 Å². The van der Waals surface area contributed by atoms with Gasteiger partial charge in [-0.15, -0.1) is 0 Å². The Hall–Kier alpha value is -2.08.